The summed E-state index contributed by atoms with van der Waals surface area (Å²) in [5, 5.41) is 2.10. The van der Waals surface area contributed by atoms with Gasteiger partial charge in [0.05, 0.1) is 41.1 Å². The maximum Gasteiger partial charge on any atom is 0.282 e. The first-order chi connectivity index (χ1) is 23.9. The molecule has 18 heteroatoms. The smallest absolute Gasteiger partial charge is 0.282 e. The molecule has 278 valence electrons. The van der Waals surface area contributed by atoms with Gasteiger partial charge in [-0.3, -0.25) is 14.4 Å². The lowest BCUT2D eigenvalue weighted by Crippen LogP contribution is -2.26. The van der Waals surface area contributed by atoms with Crippen LogP contribution in [0.25, 0.3) is 0 Å². The Morgan fingerprint density at radius 2 is 1.22 bits per heavy atom. The lowest BCUT2D eigenvalue weighted by molar-refractivity contribution is -0.0756. The van der Waals surface area contributed by atoms with Gasteiger partial charge in [-0.2, -0.15) is 0 Å². The fourth-order valence-corrected chi connectivity index (χ4v) is 4.81. The number of thioether (sulfide) groups is 2. The van der Waals surface area contributed by atoms with E-state index in [1.165, 1.54) is 96.7 Å². The molecule has 2 aromatic heterocycles. The van der Waals surface area contributed by atoms with Gasteiger partial charge in [-0.25, -0.2) is 33.8 Å². The number of nitrogens with zero attached hydrogens (tertiary/aromatic N) is 5. The second-order valence-electron chi connectivity index (χ2n) is 9.30. The molecule has 4 rings (SSSR count). The van der Waals surface area contributed by atoms with Gasteiger partial charge >= 0.3 is 0 Å². The fraction of sp³-hybridized carbons (Fsp3) is 0.333. The normalized spacial score (nSPS) is 9.92. The third-order valence-corrected chi connectivity index (χ3v) is 7.69. The molecule has 0 unspecified atom stereocenters. The van der Waals surface area contributed by atoms with Crippen molar-refractivity contribution in [3.05, 3.63) is 71.1 Å². The zero-order valence-electron chi connectivity index (χ0n) is 28.8. The summed E-state index contributed by atoms with van der Waals surface area (Å²) in [6.07, 6.45) is 2.71. The summed E-state index contributed by atoms with van der Waals surface area (Å²) in [4.78, 5) is 45.2. The Labute approximate surface area is 304 Å². The highest BCUT2D eigenvalue weighted by atomic mass is 32.2. The van der Waals surface area contributed by atoms with Crippen LogP contribution in [0, 0.1) is 11.6 Å². The predicted molar refractivity (Wildman–Crippen MR) is 194 cm³/mol. The highest BCUT2D eigenvalue weighted by molar-refractivity contribution is 7.99. The van der Waals surface area contributed by atoms with E-state index < -0.39 is 11.6 Å². The summed E-state index contributed by atoms with van der Waals surface area (Å²) < 4.78 is 46.6. The van der Waals surface area contributed by atoms with Crippen LogP contribution >= 0.6 is 23.5 Å². The minimum atomic E-state index is -0.766. The maximum absolute atomic E-state index is 14.3. The van der Waals surface area contributed by atoms with Crippen LogP contribution in [-0.2, 0) is 4.84 Å². The fourth-order valence-electron chi connectivity index (χ4n) is 3.71. The largest absolute Gasteiger partial charge is 0.497 e. The molecule has 0 aliphatic rings. The highest BCUT2D eigenvalue weighted by Gasteiger charge is 2.24. The second-order valence-corrected chi connectivity index (χ2v) is 11.8. The third kappa shape index (κ3) is 12.7. The Balaban J connectivity index is 0.000000405. The van der Waals surface area contributed by atoms with Crippen LogP contribution in [0.5, 0.6) is 23.0 Å². The number of nitrogens with two attached hydrogens (primary N) is 2. The first-order valence-corrected chi connectivity index (χ1v) is 16.5. The van der Waals surface area contributed by atoms with E-state index in [2.05, 4.69) is 19.9 Å². The van der Waals surface area contributed by atoms with Crippen molar-refractivity contribution in [2.24, 2.45) is 0 Å². The van der Waals surface area contributed by atoms with Crippen LogP contribution in [0.4, 0.5) is 20.4 Å². The highest BCUT2D eigenvalue weighted by Crippen LogP contribution is 2.31. The molecule has 2 heterocycles. The van der Waals surface area contributed by atoms with Crippen molar-refractivity contribution in [1.82, 2.24) is 25.0 Å². The molecule has 2 aromatic carbocycles. The molecule has 14 nitrogen and oxygen atoms in total. The van der Waals surface area contributed by atoms with E-state index in [1.807, 2.05) is 13.8 Å². The Morgan fingerprint density at radius 1 is 0.745 bits per heavy atom. The lowest BCUT2D eigenvalue weighted by Gasteiger charge is -2.14. The molecule has 0 saturated carbocycles. The molecule has 51 heavy (non-hydrogen) atoms. The number of methoxy groups -OCH3 is 4. The van der Waals surface area contributed by atoms with E-state index in [0.29, 0.717) is 21.8 Å². The second kappa shape index (κ2) is 22.0. The van der Waals surface area contributed by atoms with Crippen molar-refractivity contribution >= 4 is 46.8 Å². The van der Waals surface area contributed by atoms with Gasteiger partial charge in [0.1, 0.15) is 57.4 Å². The molecule has 0 bridgehead atoms. The zero-order chi connectivity index (χ0) is 37.4. The van der Waals surface area contributed by atoms with Crippen LogP contribution in [0.3, 0.4) is 0 Å². The third-order valence-electron chi connectivity index (χ3n) is 6.20. The first-order valence-electron chi connectivity index (χ1n) is 14.5. The van der Waals surface area contributed by atoms with Crippen LogP contribution in [-0.4, -0.2) is 90.8 Å². The van der Waals surface area contributed by atoms with Crippen LogP contribution in [0.1, 0.15) is 47.6 Å². The summed E-state index contributed by atoms with van der Waals surface area (Å²) >= 11 is 2.86. The number of ether oxygens (including phenoxy) is 4. The van der Waals surface area contributed by atoms with Crippen molar-refractivity contribution in [2.75, 3.05) is 65.6 Å². The van der Waals surface area contributed by atoms with Gasteiger partial charge in [-0.1, -0.05) is 44.8 Å². The average molecular weight is 752 g/mol. The summed E-state index contributed by atoms with van der Waals surface area (Å²) in [5.41, 5.74) is 11.5. The van der Waals surface area contributed by atoms with Gasteiger partial charge in [0.25, 0.3) is 5.91 Å². The van der Waals surface area contributed by atoms with Gasteiger partial charge in [-0.15, -0.1) is 0 Å². The number of carbonyl (C=O) groups is 2. The van der Waals surface area contributed by atoms with Gasteiger partial charge in [-0.05, 0) is 11.5 Å². The van der Waals surface area contributed by atoms with Gasteiger partial charge < -0.3 is 30.4 Å². The molecule has 0 atom stereocenters. The number of hydrogen-bond acceptors (Lipinski definition) is 15. The lowest BCUT2D eigenvalue weighted by atomic mass is 10.0. The average Bonchev–Trinajstić information content (AvgIpc) is 3.11. The van der Waals surface area contributed by atoms with E-state index in [1.54, 1.807) is 6.07 Å². The van der Waals surface area contributed by atoms with Gasteiger partial charge in [0.15, 0.2) is 10.3 Å². The molecule has 1 amide bonds. The molecule has 0 fully saturated rings. The number of halogens is 2. The Kier molecular flexibility index (Phi) is 19.0. The number of rotatable bonds is 12. The van der Waals surface area contributed by atoms with E-state index in [-0.39, 0.29) is 59.0 Å². The summed E-state index contributed by atoms with van der Waals surface area (Å²) in [6, 6.07) is 6.73. The van der Waals surface area contributed by atoms with Crippen LogP contribution in [0.2, 0.25) is 0 Å². The van der Waals surface area contributed by atoms with Crippen molar-refractivity contribution in [3.8, 4) is 23.0 Å². The molecule has 0 aliphatic carbocycles. The Morgan fingerprint density at radius 3 is 1.63 bits per heavy atom. The zero-order valence-corrected chi connectivity index (χ0v) is 30.4. The van der Waals surface area contributed by atoms with E-state index in [9.17, 15) is 18.4 Å². The SMILES string of the molecule is C.CCSc1ncc(C(=O)N(C)OC)c(N)n1.CCSc1ncc(C(=O)c2c(F)cc(OC)cc2OC)c(N)n1.COc1cc(F)cc(OC)c1. The van der Waals surface area contributed by atoms with Crippen molar-refractivity contribution in [2.45, 2.75) is 31.6 Å². The number of amides is 1. The predicted octanol–water partition coefficient (Wildman–Crippen LogP) is 5.84. The Bertz CT molecular complexity index is 1730. The standard InChI is InChI=1S/C15H16FN3O3S.C9H14N4O2S.C8H9FO2.CH4/c1-4-23-15-18-7-9(14(17)19-15)13(20)12-10(16)5-8(21-2)6-11(12)22-3;1-4-16-9-11-5-6(7(10)12-9)8(14)13(2)15-3;1-10-7-3-6(9)4-8(5-7)11-2;/h5-7H,4H2,1-3H3,(H2,17,18,19);5H,4H2,1-3H3,(H2,10,11,12);3-5H,1-2H3;1H4. The van der Waals surface area contributed by atoms with Crippen molar-refractivity contribution in [1.29, 1.82) is 0 Å². The summed E-state index contributed by atoms with van der Waals surface area (Å²) in [6.45, 7) is 3.93. The number of hydroxylamine groups is 2. The van der Waals surface area contributed by atoms with E-state index in [4.69, 9.17) is 35.3 Å². The number of ketones is 1. The van der Waals surface area contributed by atoms with Crippen molar-refractivity contribution < 1.29 is 42.2 Å². The van der Waals surface area contributed by atoms with E-state index in [0.717, 1.165) is 22.6 Å². The van der Waals surface area contributed by atoms with Gasteiger partial charge in [0.2, 0.25) is 5.78 Å². The topological polar surface area (TPSA) is 187 Å². The maximum atomic E-state index is 14.3. The van der Waals surface area contributed by atoms with Gasteiger partial charge in [0, 0.05) is 49.8 Å². The summed E-state index contributed by atoms with van der Waals surface area (Å²) in [5.74, 6) is 0.868. The quantitative estimate of drug-likeness (QED) is 0.0760. The summed E-state index contributed by atoms with van der Waals surface area (Å²) in [7, 11) is 8.59. The molecule has 0 radical (unpaired) electrons. The first kappa shape index (κ1) is 44.1. The number of aromatic nitrogens is 4. The van der Waals surface area contributed by atoms with Crippen LogP contribution in [0.15, 0.2) is 53.0 Å². The molecule has 4 N–H and O–H groups in total. The monoisotopic (exact) mass is 751 g/mol. The molecule has 0 spiro atoms. The van der Waals surface area contributed by atoms with E-state index >= 15 is 0 Å². The molecule has 4 aromatic rings. The number of hydrogen-bond donors (Lipinski definition) is 2. The van der Waals surface area contributed by atoms with Crippen LogP contribution < -0.4 is 30.4 Å². The molecular formula is C33H43F2N7O7S2. The minimum Gasteiger partial charge on any atom is -0.497 e. The number of carbonyl (C=O) groups excluding carboxylic acids is 2. The number of anilines is 2. The number of benzene rings is 2. The molecule has 0 aliphatic heterocycles. The number of nitrogen functional groups attached to an aromatic ring is 2. The molecular weight excluding hydrogens is 709 g/mol. The minimum absolute atomic E-state index is 0. The van der Waals surface area contributed by atoms with Crippen molar-refractivity contribution in [3.63, 3.8) is 0 Å². The Hall–Kier alpha value is -4.94. The molecule has 0 saturated heterocycles.